The van der Waals surface area contributed by atoms with Crippen LogP contribution >= 0.6 is 15.9 Å². The molecular weight excluding hydrogens is 456 g/mol. The molecule has 6 nitrogen and oxygen atoms in total. The van der Waals surface area contributed by atoms with Crippen molar-refractivity contribution in [3.8, 4) is 5.69 Å². The molecule has 4 rings (SSSR count). The van der Waals surface area contributed by atoms with Crippen molar-refractivity contribution in [3.63, 3.8) is 0 Å². The number of carbonyl (C=O) groups excluding carboxylic acids is 1. The molecule has 0 fully saturated rings. The molecule has 0 N–H and O–H groups in total. The summed E-state index contributed by atoms with van der Waals surface area (Å²) in [6.45, 7) is 6.99. The Balaban J connectivity index is 0.000000628. The van der Waals surface area contributed by atoms with Crippen LogP contribution in [0.4, 0.5) is 0 Å². The predicted octanol–water partition coefficient (Wildman–Crippen LogP) is 5.63. The molecule has 0 saturated heterocycles. The lowest BCUT2D eigenvalue weighted by Gasteiger charge is -2.17. The Morgan fingerprint density at radius 3 is 2.61 bits per heavy atom. The number of nitrogens with zero attached hydrogens (tertiary/aromatic N) is 4. The van der Waals surface area contributed by atoms with Crippen LogP contribution in [0.15, 0.2) is 58.3 Å². The maximum Gasteiger partial charge on any atom is 0.292 e. The lowest BCUT2D eigenvalue weighted by Crippen LogP contribution is -2.10. The molecule has 0 spiro atoms. The zero-order valence-corrected chi connectivity index (χ0v) is 19.8. The van der Waals surface area contributed by atoms with Gasteiger partial charge in [0.25, 0.3) is 6.47 Å². The molecule has 0 unspecified atom stereocenters. The molecular formula is C24H27BrN4O2. The number of carbonyl (C=O) groups is 1. The Hall–Kier alpha value is -2.80. The summed E-state index contributed by atoms with van der Waals surface area (Å²) in [5.74, 6) is 1.40. The normalized spacial score (nSPS) is 14.5. The summed E-state index contributed by atoms with van der Waals surface area (Å²) >= 11 is 3.64. The first kappa shape index (κ1) is 22.9. The van der Waals surface area contributed by atoms with Gasteiger partial charge in [0.1, 0.15) is 11.9 Å². The molecule has 2 aromatic heterocycles. The van der Waals surface area contributed by atoms with Gasteiger partial charge in [-0.2, -0.15) is 0 Å². The zero-order valence-electron chi connectivity index (χ0n) is 18.2. The van der Waals surface area contributed by atoms with Crippen LogP contribution in [0.25, 0.3) is 5.69 Å². The number of benzene rings is 1. The van der Waals surface area contributed by atoms with Gasteiger partial charge in [0, 0.05) is 28.1 Å². The average Bonchev–Trinajstić information content (AvgIpc) is 3.17. The molecule has 7 heteroatoms. The van der Waals surface area contributed by atoms with E-state index < -0.39 is 0 Å². The molecule has 0 bridgehead atoms. The Bertz CT molecular complexity index is 1060. The highest BCUT2D eigenvalue weighted by atomic mass is 79.9. The number of halogens is 1. The number of aliphatic imine (C=N–C) groups is 1. The fraction of sp³-hybridized carbons (Fsp3) is 0.333. The van der Waals surface area contributed by atoms with Crippen molar-refractivity contribution >= 4 is 28.1 Å². The van der Waals surface area contributed by atoms with Crippen LogP contribution in [0.1, 0.15) is 68.3 Å². The Labute approximate surface area is 191 Å². The van der Waals surface area contributed by atoms with Gasteiger partial charge in [-0.25, -0.2) is 4.98 Å². The first-order valence-electron chi connectivity index (χ1n) is 10.3. The van der Waals surface area contributed by atoms with Crippen molar-refractivity contribution in [1.29, 1.82) is 0 Å². The number of hydrogen-bond acceptors (Lipinski definition) is 5. The first-order chi connectivity index (χ1) is 15.0. The Kier molecular flexibility index (Phi) is 7.74. The third-order valence-electron chi connectivity index (χ3n) is 5.01. The minimum absolute atomic E-state index is 0.0191. The van der Waals surface area contributed by atoms with E-state index in [0.717, 1.165) is 45.8 Å². The van der Waals surface area contributed by atoms with Crippen molar-refractivity contribution in [1.82, 2.24) is 14.5 Å². The number of aromatic nitrogens is 3. The standard InChI is InChI=1S/C22H23BrN4.C2H4O2/c1-4-7-18-22-25-13-20(14(2)3)27(22)19-10-9-15(23)12-16(19)21(26-18)17-8-5-6-11-24-17;1-4-2-3/h5-6,8-14,18H,4,7H2,1-3H3;2H,1H3/t18-;/m0./s1. The quantitative estimate of drug-likeness (QED) is 0.441. The summed E-state index contributed by atoms with van der Waals surface area (Å²) in [6.07, 6.45) is 5.84. The topological polar surface area (TPSA) is 69.4 Å². The van der Waals surface area contributed by atoms with Crippen molar-refractivity contribution in [2.24, 2.45) is 4.99 Å². The molecule has 1 aromatic carbocycles. The molecule has 1 aliphatic rings. The van der Waals surface area contributed by atoms with Crippen LogP contribution in [0, 0.1) is 0 Å². The van der Waals surface area contributed by atoms with E-state index in [1.54, 1.807) is 0 Å². The van der Waals surface area contributed by atoms with E-state index in [0.29, 0.717) is 12.4 Å². The summed E-state index contributed by atoms with van der Waals surface area (Å²) in [5.41, 5.74) is 5.26. The number of rotatable bonds is 5. The lowest BCUT2D eigenvalue weighted by molar-refractivity contribution is -0.126. The molecule has 0 radical (unpaired) electrons. The third-order valence-corrected chi connectivity index (χ3v) is 5.50. The molecule has 3 heterocycles. The molecule has 0 aliphatic carbocycles. The van der Waals surface area contributed by atoms with Gasteiger partial charge < -0.3 is 4.74 Å². The highest BCUT2D eigenvalue weighted by molar-refractivity contribution is 9.10. The average molecular weight is 483 g/mol. The Morgan fingerprint density at radius 1 is 1.23 bits per heavy atom. The number of pyridine rings is 1. The number of hydrogen-bond donors (Lipinski definition) is 0. The first-order valence-corrected chi connectivity index (χ1v) is 11.1. The molecule has 31 heavy (non-hydrogen) atoms. The highest BCUT2D eigenvalue weighted by Gasteiger charge is 2.28. The second-order valence-corrected chi connectivity index (χ2v) is 8.44. The van der Waals surface area contributed by atoms with Gasteiger partial charge in [0.2, 0.25) is 0 Å². The van der Waals surface area contributed by atoms with Gasteiger partial charge in [-0.1, -0.05) is 49.2 Å². The molecule has 0 saturated carbocycles. The maximum absolute atomic E-state index is 8.95. The summed E-state index contributed by atoms with van der Waals surface area (Å²) in [4.78, 5) is 23.5. The van der Waals surface area contributed by atoms with Crippen molar-refractivity contribution in [3.05, 3.63) is 76.0 Å². The number of methoxy groups -OCH3 is 1. The summed E-state index contributed by atoms with van der Waals surface area (Å²) in [7, 11) is 1.31. The fourth-order valence-electron chi connectivity index (χ4n) is 3.63. The number of imidazole rings is 1. The summed E-state index contributed by atoms with van der Waals surface area (Å²) in [6, 6.07) is 12.4. The molecule has 0 amide bonds. The fourth-order valence-corrected chi connectivity index (χ4v) is 4.00. The van der Waals surface area contributed by atoms with E-state index in [1.807, 2.05) is 30.6 Å². The largest absolute Gasteiger partial charge is 0.471 e. The summed E-state index contributed by atoms with van der Waals surface area (Å²) in [5, 5.41) is 0. The van der Waals surface area contributed by atoms with Gasteiger partial charge >= 0.3 is 0 Å². The monoisotopic (exact) mass is 482 g/mol. The molecule has 1 aliphatic heterocycles. The second-order valence-electron chi connectivity index (χ2n) is 7.52. The van der Waals surface area contributed by atoms with Crippen LogP contribution in [-0.2, 0) is 9.53 Å². The highest BCUT2D eigenvalue weighted by Crippen LogP contribution is 2.36. The minimum Gasteiger partial charge on any atom is -0.471 e. The van der Waals surface area contributed by atoms with Gasteiger partial charge in [0.15, 0.2) is 0 Å². The SMILES string of the molecule is CCC[C@@H]1N=C(c2ccccn2)c2cc(Br)ccc2-n2c(C(C)C)cnc21.COC=O. The van der Waals surface area contributed by atoms with Gasteiger partial charge in [-0.05, 0) is 42.7 Å². The van der Waals surface area contributed by atoms with Crippen molar-refractivity contribution < 1.29 is 9.53 Å². The van der Waals surface area contributed by atoms with Crippen molar-refractivity contribution in [2.75, 3.05) is 7.11 Å². The van der Waals surface area contributed by atoms with Crippen LogP contribution < -0.4 is 0 Å². The van der Waals surface area contributed by atoms with Gasteiger partial charge in [0.05, 0.1) is 24.2 Å². The second kappa shape index (κ2) is 10.5. The van der Waals surface area contributed by atoms with Crippen LogP contribution in [0.3, 0.4) is 0 Å². The van der Waals surface area contributed by atoms with Crippen LogP contribution in [0.5, 0.6) is 0 Å². The van der Waals surface area contributed by atoms with Crippen LogP contribution in [0.2, 0.25) is 0 Å². The van der Waals surface area contributed by atoms with E-state index in [2.05, 4.69) is 69.2 Å². The molecule has 3 aromatic rings. The maximum atomic E-state index is 8.95. The number of fused-ring (bicyclic) bond motifs is 3. The van der Waals surface area contributed by atoms with E-state index >= 15 is 0 Å². The van der Waals surface area contributed by atoms with Crippen molar-refractivity contribution in [2.45, 2.75) is 45.6 Å². The van der Waals surface area contributed by atoms with Gasteiger partial charge in [-0.15, -0.1) is 0 Å². The number of ether oxygens (including phenoxy) is 1. The zero-order chi connectivity index (χ0) is 22.4. The third kappa shape index (κ3) is 4.93. The lowest BCUT2D eigenvalue weighted by atomic mass is 10.0. The van der Waals surface area contributed by atoms with E-state index in [1.165, 1.54) is 12.8 Å². The van der Waals surface area contributed by atoms with Gasteiger partial charge in [-0.3, -0.25) is 19.3 Å². The summed E-state index contributed by atoms with van der Waals surface area (Å²) < 4.78 is 7.21. The van der Waals surface area contributed by atoms with E-state index in [9.17, 15) is 0 Å². The predicted molar refractivity (Wildman–Crippen MR) is 126 cm³/mol. The van der Waals surface area contributed by atoms with Crippen LogP contribution in [-0.4, -0.2) is 33.8 Å². The Morgan fingerprint density at radius 2 is 2.00 bits per heavy atom. The van der Waals surface area contributed by atoms with E-state index in [4.69, 9.17) is 14.8 Å². The molecule has 162 valence electrons. The van der Waals surface area contributed by atoms with E-state index in [-0.39, 0.29) is 6.04 Å². The minimum atomic E-state index is 0.0191. The molecule has 1 atom stereocenters. The smallest absolute Gasteiger partial charge is 0.292 e.